The van der Waals surface area contributed by atoms with Crippen molar-refractivity contribution in [2.45, 2.75) is 45.1 Å². The van der Waals surface area contributed by atoms with E-state index in [0.717, 1.165) is 32.5 Å². The maximum Gasteiger partial charge on any atom is 0.220 e. The summed E-state index contributed by atoms with van der Waals surface area (Å²) in [4.78, 5) is 12.0. The number of hydrogen-bond acceptors (Lipinski definition) is 3. The van der Waals surface area contributed by atoms with E-state index in [0.29, 0.717) is 24.9 Å². The van der Waals surface area contributed by atoms with Gasteiger partial charge >= 0.3 is 0 Å². The highest BCUT2D eigenvalue weighted by Crippen LogP contribution is 2.22. The minimum atomic E-state index is 0. The summed E-state index contributed by atoms with van der Waals surface area (Å²) in [6, 6.07) is 0.239. The first-order valence-electron chi connectivity index (χ1n) is 7.33. The molecule has 0 bridgehead atoms. The summed E-state index contributed by atoms with van der Waals surface area (Å²) in [6.07, 6.45) is 5.28. The van der Waals surface area contributed by atoms with Gasteiger partial charge in [0.25, 0.3) is 0 Å². The molecule has 2 saturated heterocycles. The maximum atomic E-state index is 12.0. The Morgan fingerprint density at radius 1 is 1.42 bits per heavy atom. The number of ether oxygens (including phenoxy) is 1. The second-order valence-electron chi connectivity index (χ2n) is 5.77. The number of halogens is 1. The van der Waals surface area contributed by atoms with E-state index in [-0.39, 0.29) is 24.4 Å². The van der Waals surface area contributed by atoms with Crippen LogP contribution in [0, 0.1) is 11.8 Å². The Morgan fingerprint density at radius 3 is 2.89 bits per heavy atom. The molecule has 5 heteroatoms. The molecule has 0 spiro atoms. The molecule has 3 unspecified atom stereocenters. The monoisotopic (exact) mass is 290 g/mol. The molecule has 2 rings (SSSR count). The number of piperidine rings is 1. The highest BCUT2D eigenvalue weighted by molar-refractivity contribution is 5.85. The zero-order valence-electron chi connectivity index (χ0n) is 11.8. The Balaban J connectivity index is 0.00000180. The van der Waals surface area contributed by atoms with Crippen LogP contribution in [0.1, 0.15) is 39.0 Å². The van der Waals surface area contributed by atoms with Crippen molar-refractivity contribution in [3.8, 4) is 0 Å². The van der Waals surface area contributed by atoms with E-state index < -0.39 is 0 Å². The van der Waals surface area contributed by atoms with Crippen LogP contribution in [0.5, 0.6) is 0 Å². The lowest BCUT2D eigenvalue weighted by atomic mass is 9.85. The summed E-state index contributed by atoms with van der Waals surface area (Å²) in [6.45, 7) is 5.94. The van der Waals surface area contributed by atoms with Crippen molar-refractivity contribution in [1.82, 2.24) is 10.6 Å². The summed E-state index contributed by atoms with van der Waals surface area (Å²) in [5.74, 6) is 1.33. The third-order valence-corrected chi connectivity index (χ3v) is 4.17. The van der Waals surface area contributed by atoms with Gasteiger partial charge in [0.15, 0.2) is 0 Å². The van der Waals surface area contributed by atoms with E-state index in [4.69, 9.17) is 4.74 Å². The number of rotatable bonds is 4. The fourth-order valence-corrected chi connectivity index (χ4v) is 2.96. The van der Waals surface area contributed by atoms with E-state index in [2.05, 4.69) is 17.6 Å². The number of nitrogens with one attached hydrogen (secondary N) is 2. The fraction of sp³-hybridized carbons (Fsp3) is 0.929. The predicted octanol–water partition coefficient (Wildman–Crippen LogP) is 1.73. The minimum Gasteiger partial charge on any atom is -0.379 e. The number of hydrogen-bond donors (Lipinski definition) is 2. The molecule has 2 aliphatic heterocycles. The molecular weight excluding hydrogens is 264 g/mol. The molecule has 0 aromatic rings. The molecule has 0 aromatic heterocycles. The Labute approximate surface area is 122 Å². The standard InChI is InChI=1S/C14H26N2O2.ClH/c1-11(12-4-2-6-15-9-12)8-14(17)16-13-5-3-7-18-10-13;/h11-13,15H,2-10H2,1H3,(H,16,17);1H. The van der Waals surface area contributed by atoms with Crippen LogP contribution in [0.4, 0.5) is 0 Å². The van der Waals surface area contributed by atoms with Crippen LogP contribution in [0.2, 0.25) is 0 Å². The van der Waals surface area contributed by atoms with E-state index in [1.54, 1.807) is 0 Å². The molecule has 4 nitrogen and oxygen atoms in total. The van der Waals surface area contributed by atoms with Gasteiger partial charge in [-0.2, -0.15) is 0 Å². The first-order chi connectivity index (χ1) is 8.75. The highest BCUT2D eigenvalue weighted by Gasteiger charge is 2.23. The van der Waals surface area contributed by atoms with Crippen molar-refractivity contribution in [3.05, 3.63) is 0 Å². The van der Waals surface area contributed by atoms with Crippen LogP contribution in [-0.4, -0.2) is 38.3 Å². The molecule has 2 N–H and O–H groups in total. The lowest BCUT2D eigenvalue weighted by molar-refractivity contribution is -0.124. The van der Waals surface area contributed by atoms with E-state index in [9.17, 15) is 4.79 Å². The lowest BCUT2D eigenvalue weighted by Crippen LogP contribution is -2.42. The van der Waals surface area contributed by atoms with Gasteiger partial charge in [0.2, 0.25) is 5.91 Å². The molecule has 19 heavy (non-hydrogen) atoms. The molecule has 2 fully saturated rings. The van der Waals surface area contributed by atoms with E-state index >= 15 is 0 Å². The van der Waals surface area contributed by atoms with Gasteiger partial charge in [0.1, 0.15) is 0 Å². The first kappa shape index (κ1) is 16.7. The van der Waals surface area contributed by atoms with Gasteiger partial charge in [0, 0.05) is 13.0 Å². The third-order valence-electron chi connectivity index (χ3n) is 4.17. The number of carbonyl (C=O) groups excluding carboxylic acids is 1. The van der Waals surface area contributed by atoms with Crippen molar-refractivity contribution in [1.29, 1.82) is 0 Å². The summed E-state index contributed by atoms with van der Waals surface area (Å²) >= 11 is 0. The predicted molar refractivity (Wildman–Crippen MR) is 78.6 cm³/mol. The molecule has 1 amide bonds. The van der Waals surface area contributed by atoms with Crippen LogP contribution in [0.25, 0.3) is 0 Å². The summed E-state index contributed by atoms with van der Waals surface area (Å²) in [5, 5.41) is 6.52. The number of amides is 1. The van der Waals surface area contributed by atoms with Crippen LogP contribution in [-0.2, 0) is 9.53 Å². The highest BCUT2D eigenvalue weighted by atomic mass is 35.5. The number of carbonyl (C=O) groups is 1. The van der Waals surface area contributed by atoms with Crippen molar-refractivity contribution in [3.63, 3.8) is 0 Å². The smallest absolute Gasteiger partial charge is 0.220 e. The third kappa shape index (κ3) is 5.67. The fourth-order valence-electron chi connectivity index (χ4n) is 2.96. The van der Waals surface area contributed by atoms with E-state index in [1.165, 1.54) is 12.8 Å². The molecule has 2 aliphatic rings. The quantitative estimate of drug-likeness (QED) is 0.829. The average Bonchev–Trinajstić information content (AvgIpc) is 2.40. The van der Waals surface area contributed by atoms with Crippen molar-refractivity contribution < 1.29 is 9.53 Å². The molecule has 0 saturated carbocycles. The zero-order chi connectivity index (χ0) is 12.8. The summed E-state index contributed by atoms with van der Waals surface area (Å²) in [7, 11) is 0. The van der Waals surface area contributed by atoms with E-state index in [1.807, 2.05) is 0 Å². The molecule has 112 valence electrons. The van der Waals surface area contributed by atoms with Crippen molar-refractivity contribution in [2.75, 3.05) is 26.3 Å². The average molecular weight is 291 g/mol. The molecule has 0 aliphatic carbocycles. The first-order valence-corrected chi connectivity index (χ1v) is 7.33. The second kappa shape index (κ2) is 8.77. The summed E-state index contributed by atoms with van der Waals surface area (Å²) < 4.78 is 5.38. The van der Waals surface area contributed by atoms with Gasteiger partial charge < -0.3 is 15.4 Å². The van der Waals surface area contributed by atoms with Crippen molar-refractivity contribution in [2.24, 2.45) is 11.8 Å². The van der Waals surface area contributed by atoms with Gasteiger partial charge in [-0.1, -0.05) is 6.92 Å². The molecule has 0 radical (unpaired) electrons. The lowest BCUT2D eigenvalue weighted by Gasteiger charge is -2.29. The van der Waals surface area contributed by atoms with Gasteiger partial charge in [-0.15, -0.1) is 12.4 Å². The second-order valence-corrected chi connectivity index (χ2v) is 5.77. The largest absolute Gasteiger partial charge is 0.379 e. The van der Waals surface area contributed by atoms with Crippen LogP contribution in [0.15, 0.2) is 0 Å². The normalized spacial score (nSPS) is 29.1. The van der Waals surface area contributed by atoms with Crippen LogP contribution in [0.3, 0.4) is 0 Å². The Bertz CT molecular complexity index is 264. The Hall–Kier alpha value is -0.320. The van der Waals surface area contributed by atoms with Gasteiger partial charge in [0.05, 0.1) is 12.6 Å². The molecular formula is C14H27ClN2O2. The van der Waals surface area contributed by atoms with Gasteiger partial charge in [-0.25, -0.2) is 0 Å². The molecule has 0 aromatic carbocycles. The Kier molecular flexibility index (Phi) is 7.73. The van der Waals surface area contributed by atoms with Crippen LogP contribution >= 0.6 is 12.4 Å². The summed E-state index contributed by atoms with van der Waals surface area (Å²) in [5.41, 5.74) is 0. The molecule has 3 atom stereocenters. The Morgan fingerprint density at radius 2 is 2.26 bits per heavy atom. The van der Waals surface area contributed by atoms with Crippen LogP contribution < -0.4 is 10.6 Å². The minimum absolute atomic E-state index is 0. The zero-order valence-corrected chi connectivity index (χ0v) is 12.6. The SMILES string of the molecule is CC(CC(=O)NC1CCCOC1)C1CCCNC1.Cl. The topological polar surface area (TPSA) is 50.4 Å². The van der Waals surface area contributed by atoms with Gasteiger partial charge in [-0.3, -0.25) is 4.79 Å². The van der Waals surface area contributed by atoms with Crippen molar-refractivity contribution >= 4 is 18.3 Å². The maximum absolute atomic E-state index is 12.0. The van der Waals surface area contributed by atoms with Gasteiger partial charge in [-0.05, 0) is 50.6 Å². The molecule has 2 heterocycles.